The quantitative estimate of drug-likeness (QED) is 0.832. The highest BCUT2D eigenvalue weighted by Crippen LogP contribution is 2.16. The number of rotatable bonds is 6. The van der Waals surface area contributed by atoms with Crippen LogP contribution in [0.1, 0.15) is 36.1 Å². The second-order valence-electron chi connectivity index (χ2n) is 5.51. The molecule has 0 aliphatic rings. The van der Waals surface area contributed by atoms with E-state index in [9.17, 15) is 0 Å². The van der Waals surface area contributed by atoms with Crippen LogP contribution in [0, 0.1) is 20.8 Å². The van der Waals surface area contributed by atoms with Gasteiger partial charge in [0, 0.05) is 19.1 Å². The SMILES string of the molecule is CCN(C)CC(C)NCc1c(C)cc(C)cc1C. The molecule has 0 heterocycles. The Morgan fingerprint density at radius 1 is 1.17 bits per heavy atom. The van der Waals surface area contributed by atoms with E-state index in [0.29, 0.717) is 6.04 Å². The van der Waals surface area contributed by atoms with Crippen molar-refractivity contribution in [1.82, 2.24) is 10.2 Å². The van der Waals surface area contributed by atoms with E-state index < -0.39 is 0 Å². The molecule has 1 rings (SSSR count). The molecule has 0 aliphatic heterocycles. The number of benzene rings is 1. The van der Waals surface area contributed by atoms with E-state index in [4.69, 9.17) is 0 Å². The molecular formula is C16H28N2. The maximum atomic E-state index is 3.62. The molecule has 0 aromatic heterocycles. The van der Waals surface area contributed by atoms with Crippen molar-refractivity contribution in [3.05, 3.63) is 34.4 Å². The summed E-state index contributed by atoms with van der Waals surface area (Å²) in [5.41, 5.74) is 5.60. The zero-order valence-electron chi connectivity index (χ0n) is 12.8. The fraction of sp³-hybridized carbons (Fsp3) is 0.625. The molecular weight excluding hydrogens is 220 g/mol. The first-order valence-electron chi connectivity index (χ1n) is 6.92. The van der Waals surface area contributed by atoms with Gasteiger partial charge in [0.2, 0.25) is 0 Å². The van der Waals surface area contributed by atoms with Gasteiger partial charge < -0.3 is 10.2 Å². The lowest BCUT2D eigenvalue weighted by molar-refractivity contribution is 0.309. The van der Waals surface area contributed by atoms with Crippen molar-refractivity contribution in [3.63, 3.8) is 0 Å². The minimum absolute atomic E-state index is 0.523. The van der Waals surface area contributed by atoms with E-state index in [1.807, 2.05) is 0 Å². The van der Waals surface area contributed by atoms with Gasteiger partial charge in [-0.2, -0.15) is 0 Å². The van der Waals surface area contributed by atoms with Crippen LogP contribution in [0.3, 0.4) is 0 Å². The molecule has 2 nitrogen and oxygen atoms in total. The average molecular weight is 248 g/mol. The predicted molar refractivity (Wildman–Crippen MR) is 80.1 cm³/mol. The summed E-state index contributed by atoms with van der Waals surface area (Å²) >= 11 is 0. The van der Waals surface area contributed by atoms with Crippen LogP contribution in [-0.4, -0.2) is 31.1 Å². The first-order chi connectivity index (χ1) is 8.43. The number of likely N-dealkylation sites (N-methyl/N-ethyl adjacent to an activating group) is 1. The summed E-state index contributed by atoms with van der Waals surface area (Å²) in [6.45, 7) is 14.2. The average Bonchev–Trinajstić information content (AvgIpc) is 2.27. The fourth-order valence-electron chi connectivity index (χ4n) is 2.43. The minimum atomic E-state index is 0.523. The zero-order chi connectivity index (χ0) is 13.7. The summed E-state index contributed by atoms with van der Waals surface area (Å²) in [5.74, 6) is 0. The van der Waals surface area contributed by atoms with Crippen molar-refractivity contribution in [1.29, 1.82) is 0 Å². The van der Waals surface area contributed by atoms with E-state index in [1.54, 1.807) is 0 Å². The Morgan fingerprint density at radius 2 is 1.72 bits per heavy atom. The van der Waals surface area contributed by atoms with Crippen molar-refractivity contribution in [2.75, 3.05) is 20.1 Å². The number of nitrogens with one attached hydrogen (secondary N) is 1. The highest BCUT2D eigenvalue weighted by atomic mass is 15.1. The van der Waals surface area contributed by atoms with E-state index in [1.165, 1.54) is 22.3 Å². The lowest BCUT2D eigenvalue weighted by Crippen LogP contribution is -2.37. The smallest absolute Gasteiger partial charge is 0.0213 e. The molecule has 0 saturated carbocycles. The lowest BCUT2D eigenvalue weighted by Gasteiger charge is -2.22. The van der Waals surface area contributed by atoms with E-state index in [0.717, 1.165) is 19.6 Å². The molecule has 1 unspecified atom stereocenters. The molecule has 0 spiro atoms. The fourth-order valence-corrected chi connectivity index (χ4v) is 2.43. The number of nitrogens with zero attached hydrogens (tertiary/aromatic N) is 1. The van der Waals surface area contributed by atoms with E-state index in [-0.39, 0.29) is 0 Å². The molecule has 0 fully saturated rings. The number of hydrogen-bond acceptors (Lipinski definition) is 2. The van der Waals surface area contributed by atoms with Gasteiger partial charge in [0.15, 0.2) is 0 Å². The molecule has 0 aliphatic carbocycles. The Morgan fingerprint density at radius 3 is 2.22 bits per heavy atom. The van der Waals surface area contributed by atoms with Crippen LogP contribution in [0.15, 0.2) is 12.1 Å². The molecule has 102 valence electrons. The predicted octanol–water partition coefficient (Wildman–Crippen LogP) is 3.04. The van der Waals surface area contributed by atoms with Gasteiger partial charge in [-0.1, -0.05) is 24.6 Å². The van der Waals surface area contributed by atoms with Crippen LogP contribution in [0.2, 0.25) is 0 Å². The summed E-state index contributed by atoms with van der Waals surface area (Å²) in [7, 11) is 2.17. The molecule has 1 atom stereocenters. The van der Waals surface area contributed by atoms with Crippen molar-refractivity contribution in [3.8, 4) is 0 Å². The van der Waals surface area contributed by atoms with Crippen LogP contribution in [-0.2, 0) is 6.54 Å². The first kappa shape index (κ1) is 15.2. The van der Waals surface area contributed by atoms with Crippen molar-refractivity contribution < 1.29 is 0 Å². The molecule has 2 heteroatoms. The van der Waals surface area contributed by atoms with Crippen molar-refractivity contribution in [2.45, 2.75) is 47.2 Å². The van der Waals surface area contributed by atoms with Gasteiger partial charge in [-0.05, 0) is 58.0 Å². The summed E-state index contributed by atoms with van der Waals surface area (Å²) in [6, 6.07) is 5.06. The van der Waals surface area contributed by atoms with Gasteiger partial charge in [0.25, 0.3) is 0 Å². The van der Waals surface area contributed by atoms with Crippen LogP contribution < -0.4 is 5.32 Å². The Kier molecular flexibility index (Phi) is 5.83. The van der Waals surface area contributed by atoms with Gasteiger partial charge in [0.1, 0.15) is 0 Å². The molecule has 0 bridgehead atoms. The molecule has 0 amide bonds. The minimum Gasteiger partial charge on any atom is -0.309 e. The van der Waals surface area contributed by atoms with Gasteiger partial charge in [-0.3, -0.25) is 0 Å². The van der Waals surface area contributed by atoms with Crippen LogP contribution in [0.25, 0.3) is 0 Å². The van der Waals surface area contributed by atoms with Gasteiger partial charge in [-0.15, -0.1) is 0 Å². The van der Waals surface area contributed by atoms with Crippen molar-refractivity contribution >= 4 is 0 Å². The normalized spacial score (nSPS) is 13.1. The first-order valence-corrected chi connectivity index (χ1v) is 6.92. The van der Waals surface area contributed by atoms with Gasteiger partial charge >= 0.3 is 0 Å². The molecule has 18 heavy (non-hydrogen) atoms. The molecule has 1 N–H and O–H groups in total. The summed E-state index contributed by atoms with van der Waals surface area (Å²) in [4.78, 5) is 2.34. The van der Waals surface area contributed by atoms with Gasteiger partial charge in [0.05, 0.1) is 0 Å². The van der Waals surface area contributed by atoms with Crippen LogP contribution in [0.4, 0.5) is 0 Å². The molecule has 1 aromatic rings. The monoisotopic (exact) mass is 248 g/mol. The Balaban J connectivity index is 2.58. The summed E-state index contributed by atoms with van der Waals surface area (Å²) in [6.07, 6.45) is 0. The molecule has 0 radical (unpaired) electrons. The largest absolute Gasteiger partial charge is 0.309 e. The highest BCUT2D eigenvalue weighted by molar-refractivity contribution is 5.37. The van der Waals surface area contributed by atoms with Crippen LogP contribution in [0.5, 0.6) is 0 Å². The Hall–Kier alpha value is -0.860. The maximum Gasteiger partial charge on any atom is 0.0213 e. The summed E-state index contributed by atoms with van der Waals surface area (Å²) < 4.78 is 0. The maximum absolute atomic E-state index is 3.62. The number of hydrogen-bond donors (Lipinski definition) is 1. The highest BCUT2D eigenvalue weighted by Gasteiger charge is 2.07. The standard InChI is InChI=1S/C16H28N2/c1-7-18(6)11-15(5)17-10-16-13(3)8-12(2)9-14(16)4/h8-9,15,17H,7,10-11H2,1-6H3. The van der Waals surface area contributed by atoms with E-state index >= 15 is 0 Å². The zero-order valence-corrected chi connectivity index (χ0v) is 12.8. The second kappa shape index (κ2) is 6.91. The third-order valence-corrected chi connectivity index (χ3v) is 3.59. The Bertz CT molecular complexity index is 362. The Labute approximate surface area is 112 Å². The summed E-state index contributed by atoms with van der Waals surface area (Å²) in [5, 5.41) is 3.62. The molecule has 0 saturated heterocycles. The van der Waals surface area contributed by atoms with Crippen molar-refractivity contribution in [2.24, 2.45) is 0 Å². The molecule has 1 aromatic carbocycles. The second-order valence-corrected chi connectivity index (χ2v) is 5.51. The third-order valence-electron chi connectivity index (χ3n) is 3.59. The van der Waals surface area contributed by atoms with Gasteiger partial charge in [-0.25, -0.2) is 0 Å². The number of aryl methyl sites for hydroxylation is 3. The lowest BCUT2D eigenvalue weighted by atomic mass is 9.99. The van der Waals surface area contributed by atoms with E-state index in [2.05, 4.69) is 64.0 Å². The topological polar surface area (TPSA) is 15.3 Å². The third kappa shape index (κ3) is 4.43. The van der Waals surface area contributed by atoms with Crippen LogP contribution >= 0.6 is 0 Å².